The molecule has 0 aliphatic heterocycles. The maximum Gasteiger partial charge on any atom is 0.241 e. The Hall–Kier alpha value is -0.293. The van der Waals surface area contributed by atoms with Crippen LogP contribution in [0.3, 0.4) is 0 Å². The molecule has 0 aliphatic carbocycles. The molecule has 0 aliphatic rings. The largest absolute Gasteiger partial charge is 0.314 e. The Labute approximate surface area is 51.3 Å². The molecule has 0 aromatic carbocycles. The summed E-state index contributed by atoms with van der Waals surface area (Å²) in [6.45, 7) is 3.34. The van der Waals surface area contributed by atoms with Gasteiger partial charge in [-0.1, -0.05) is 0 Å². The number of hydrogen-bond acceptors (Lipinski definition) is 0. The Morgan fingerprint density at radius 2 is 2.12 bits per heavy atom. The third kappa shape index (κ3) is 5.71. The van der Waals surface area contributed by atoms with Crippen LogP contribution in [0.1, 0.15) is 6.42 Å². The van der Waals surface area contributed by atoms with Crippen LogP contribution in [0.2, 0.25) is 19.1 Å². The Bertz CT molecular complexity index is 96.1. The second kappa shape index (κ2) is 2.88. The van der Waals surface area contributed by atoms with Gasteiger partial charge < -0.3 is 4.11 Å². The van der Waals surface area contributed by atoms with Crippen molar-refractivity contribution in [1.29, 1.82) is 0 Å². The highest BCUT2D eigenvalue weighted by Gasteiger charge is 2.17. The van der Waals surface area contributed by atoms with E-state index in [2.05, 4.69) is 5.92 Å². The predicted octanol–water partition coefficient (Wildman–Crippen LogP) is 2.18. The van der Waals surface area contributed by atoms with Gasteiger partial charge >= 0.3 is 0 Å². The molecule has 0 nitrogen and oxygen atoms in total. The van der Waals surface area contributed by atoms with Gasteiger partial charge in [0.15, 0.2) is 0 Å². The number of rotatable bonds is 2. The maximum atomic E-state index is 12.6. The topological polar surface area (TPSA) is 0 Å². The van der Waals surface area contributed by atoms with Crippen LogP contribution in [-0.2, 0) is 0 Å². The molecule has 0 fully saturated rings. The van der Waals surface area contributed by atoms with E-state index in [0.29, 0.717) is 12.5 Å². The minimum absolute atomic E-state index is 0.593. The standard InChI is InChI=1S/C6H11FSi/c1-4-5-6-8(2,3)7/h1H,5-6H2,2-3H3. The van der Waals surface area contributed by atoms with Gasteiger partial charge in [-0.2, -0.15) is 0 Å². The van der Waals surface area contributed by atoms with Crippen molar-refractivity contribution in [2.45, 2.75) is 25.6 Å². The third-order valence-electron chi connectivity index (χ3n) is 0.864. The average Bonchev–Trinajstić information content (AvgIpc) is 1.59. The molecule has 0 N–H and O–H groups in total. The van der Waals surface area contributed by atoms with Crippen LogP contribution in [0.5, 0.6) is 0 Å². The molecule has 0 amide bonds. The molecule has 0 saturated carbocycles. The summed E-state index contributed by atoms with van der Waals surface area (Å²) >= 11 is 0. The van der Waals surface area contributed by atoms with Crippen LogP contribution in [-0.4, -0.2) is 8.41 Å². The van der Waals surface area contributed by atoms with Crippen LogP contribution >= 0.6 is 0 Å². The van der Waals surface area contributed by atoms with E-state index in [4.69, 9.17) is 6.42 Å². The maximum absolute atomic E-state index is 12.6. The lowest BCUT2D eigenvalue weighted by molar-refractivity contribution is 0.784. The molecule has 0 unspecified atom stereocenters. The van der Waals surface area contributed by atoms with Gasteiger partial charge in [-0.25, -0.2) is 0 Å². The molecule has 0 aromatic heterocycles. The smallest absolute Gasteiger partial charge is 0.241 e. The molecular weight excluding hydrogens is 119 g/mol. The fourth-order valence-corrected chi connectivity index (χ4v) is 1.11. The fraction of sp³-hybridized carbons (Fsp3) is 0.667. The zero-order valence-electron chi connectivity index (χ0n) is 5.37. The Morgan fingerprint density at radius 3 is 2.25 bits per heavy atom. The van der Waals surface area contributed by atoms with E-state index in [1.54, 1.807) is 13.1 Å². The van der Waals surface area contributed by atoms with Gasteiger partial charge in [0, 0.05) is 6.42 Å². The molecule has 0 rings (SSSR count). The Morgan fingerprint density at radius 1 is 1.62 bits per heavy atom. The van der Waals surface area contributed by atoms with Gasteiger partial charge in [0.05, 0.1) is 0 Å². The van der Waals surface area contributed by atoms with Crippen molar-refractivity contribution < 1.29 is 4.11 Å². The summed E-state index contributed by atoms with van der Waals surface area (Å²) in [6.07, 6.45) is 5.53. The minimum Gasteiger partial charge on any atom is -0.314 e. The summed E-state index contributed by atoms with van der Waals surface area (Å²) in [5.41, 5.74) is 0. The van der Waals surface area contributed by atoms with Gasteiger partial charge in [-0.3, -0.25) is 0 Å². The molecule has 0 radical (unpaired) electrons. The normalized spacial score (nSPS) is 10.8. The van der Waals surface area contributed by atoms with E-state index < -0.39 is 8.41 Å². The highest BCUT2D eigenvalue weighted by Crippen LogP contribution is 2.11. The lowest BCUT2D eigenvalue weighted by Gasteiger charge is -2.05. The van der Waals surface area contributed by atoms with Crippen LogP contribution in [0.15, 0.2) is 0 Å². The summed E-state index contributed by atoms with van der Waals surface area (Å²) in [5, 5.41) is 0. The van der Waals surface area contributed by atoms with Crippen molar-refractivity contribution in [3.63, 3.8) is 0 Å². The van der Waals surface area contributed by atoms with Crippen LogP contribution in [0.4, 0.5) is 4.11 Å². The number of terminal acetylenes is 1. The van der Waals surface area contributed by atoms with Crippen molar-refractivity contribution in [1.82, 2.24) is 0 Å². The first-order chi connectivity index (χ1) is 3.56. The molecule has 2 heteroatoms. The summed E-state index contributed by atoms with van der Waals surface area (Å²) in [7, 11) is -2.32. The fourth-order valence-electron chi connectivity index (χ4n) is 0.369. The third-order valence-corrected chi connectivity index (χ3v) is 2.30. The van der Waals surface area contributed by atoms with Crippen molar-refractivity contribution in [3.05, 3.63) is 0 Å². The van der Waals surface area contributed by atoms with E-state index in [0.717, 1.165) is 0 Å². The van der Waals surface area contributed by atoms with E-state index >= 15 is 0 Å². The quantitative estimate of drug-likeness (QED) is 0.305. The van der Waals surface area contributed by atoms with Gasteiger partial charge in [0.25, 0.3) is 0 Å². The van der Waals surface area contributed by atoms with Gasteiger partial charge in [0.2, 0.25) is 8.41 Å². The van der Waals surface area contributed by atoms with Crippen molar-refractivity contribution in [2.75, 3.05) is 0 Å². The van der Waals surface area contributed by atoms with E-state index in [-0.39, 0.29) is 0 Å². The molecule has 0 bridgehead atoms. The number of halogens is 1. The van der Waals surface area contributed by atoms with Gasteiger partial charge in [-0.15, -0.1) is 12.3 Å². The monoisotopic (exact) mass is 130 g/mol. The van der Waals surface area contributed by atoms with Crippen LogP contribution < -0.4 is 0 Å². The average molecular weight is 130 g/mol. The first kappa shape index (κ1) is 7.71. The molecule has 0 aromatic rings. The summed E-state index contributed by atoms with van der Waals surface area (Å²) < 4.78 is 12.6. The van der Waals surface area contributed by atoms with Crippen LogP contribution in [0.25, 0.3) is 0 Å². The van der Waals surface area contributed by atoms with E-state index in [9.17, 15) is 4.11 Å². The molecule has 0 heterocycles. The minimum atomic E-state index is -2.32. The lowest BCUT2D eigenvalue weighted by atomic mass is 10.5. The van der Waals surface area contributed by atoms with Crippen molar-refractivity contribution in [3.8, 4) is 12.3 Å². The van der Waals surface area contributed by atoms with E-state index in [1.165, 1.54) is 0 Å². The molecule has 0 atom stereocenters. The zero-order valence-corrected chi connectivity index (χ0v) is 6.37. The highest BCUT2D eigenvalue weighted by atomic mass is 28.4. The van der Waals surface area contributed by atoms with Gasteiger partial charge in [0.1, 0.15) is 0 Å². The molecule has 0 saturated heterocycles. The molecular formula is C6H11FSi. The molecule has 0 spiro atoms. The predicted molar refractivity (Wildman–Crippen MR) is 36.8 cm³/mol. The second-order valence-electron chi connectivity index (χ2n) is 2.42. The summed E-state index contributed by atoms with van der Waals surface area (Å²) in [6, 6.07) is 0.601. The first-order valence-electron chi connectivity index (χ1n) is 2.68. The Balaban J connectivity index is 3.28. The van der Waals surface area contributed by atoms with Gasteiger partial charge in [-0.05, 0) is 19.1 Å². The molecule has 46 valence electrons. The van der Waals surface area contributed by atoms with E-state index in [1.807, 2.05) is 0 Å². The SMILES string of the molecule is C#CCC[Si](C)(C)F. The van der Waals surface area contributed by atoms with Crippen LogP contribution in [0, 0.1) is 12.3 Å². The second-order valence-corrected chi connectivity index (χ2v) is 6.36. The summed E-state index contributed by atoms with van der Waals surface area (Å²) in [5.74, 6) is 2.42. The number of hydrogen-bond donors (Lipinski definition) is 0. The lowest BCUT2D eigenvalue weighted by Crippen LogP contribution is -2.16. The highest BCUT2D eigenvalue weighted by molar-refractivity contribution is 6.70. The molecule has 8 heavy (non-hydrogen) atoms. The van der Waals surface area contributed by atoms with Crippen molar-refractivity contribution in [2.24, 2.45) is 0 Å². The Kier molecular flexibility index (Phi) is 2.78. The zero-order chi connectivity index (χ0) is 6.62. The summed E-state index contributed by atoms with van der Waals surface area (Å²) in [4.78, 5) is 0. The first-order valence-corrected chi connectivity index (χ1v) is 5.77. The van der Waals surface area contributed by atoms with Crippen molar-refractivity contribution >= 4 is 8.41 Å².